The lowest BCUT2D eigenvalue weighted by Crippen LogP contribution is -2.34. The lowest BCUT2D eigenvalue weighted by molar-refractivity contribution is -0.119. The lowest BCUT2D eigenvalue weighted by atomic mass is 10.1. The Balaban J connectivity index is 1.83. The molecule has 7 heteroatoms. The molecule has 0 fully saturated rings. The lowest BCUT2D eigenvalue weighted by Gasteiger charge is -2.16. The van der Waals surface area contributed by atoms with E-state index in [4.69, 9.17) is 23.8 Å². The predicted molar refractivity (Wildman–Crippen MR) is 110 cm³/mol. The van der Waals surface area contributed by atoms with E-state index in [0.717, 1.165) is 16.9 Å². The van der Waals surface area contributed by atoms with Crippen LogP contribution in [-0.4, -0.2) is 24.0 Å². The van der Waals surface area contributed by atoms with Crippen molar-refractivity contribution in [1.82, 2.24) is 5.32 Å². The summed E-state index contributed by atoms with van der Waals surface area (Å²) < 4.78 is 0. The van der Waals surface area contributed by atoms with Gasteiger partial charge in [-0.2, -0.15) is 0 Å². The quantitative estimate of drug-likeness (QED) is 0.764. The van der Waals surface area contributed by atoms with E-state index < -0.39 is 0 Å². The third-order valence-electron chi connectivity index (χ3n) is 3.82. The normalized spacial score (nSPS) is 10.1. The molecule has 0 heterocycles. The number of rotatable bonds is 5. The van der Waals surface area contributed by atoms with Gasteiger partial charge in [0.05, 0.1) is 0 Å². The zero-order chi connectivity index (χ0) is 19.1. The summed E-state index contributed by atoms with van der Waals surface area (Å²) in [4.78, 5) is 24.9. The molecule has 0 aromatic heterocycles. The number of hydrogen-bond donors (Lipinski definition) is 2. The van der Waals surface area contributed by atoms with Gasteiger partial charge in [0.2, 0.25) is 11.8 Å². The van der Waals surface area contributed by atoms with Crippen molar-refractivity contribution in [2.45, 2.75) is 19.8 Å². The van der Waals surface area contributed by atoms with E-state index in [0.29, 0.717) is 11.4 Å². The molecule has 136 valence electrons. The number of hydrogen-bond acceptors (Lipinski definition) is 3. The van der Waals surface area contributed by atoms with Gasteiger partial charge in [-0.3, -0.25) is 9.59 Å². The number of nitrogens with one attached hydrogen (secondary N) is 2. The molecule has 0 aliphatic rings. The Bertz CT molecular complexity index is 809. The first kappa shape index (κ1) is 19.9. The van der Waals surface area contributed by atoms with E-state index >= 15 is 0 Å². The van der Waals surface area contributed by atoms with Crippen molar-refractivity contribution in [1.29, 1.82) is 0 Å². The van der Waals surface area contributed by atoms with Gasteiger partial charge in [0.1, 0.15) is 0 Å². The summed E-state index contributed by atoms with van der Waals surface area (Å²) in [5.41, 5.74) is 2.42. The van der Waals surface area contributed by atoms with Crippen LogP contribution in [0.4, 0.5) is 11.4 Å². The van der Waals surface area contributed by atoms with Gasteiger partial charge in [-0.1, -0.05) is 29.8 Å². The number of carbonyl (C=O) groups excluding carboxylic acids is 2. The summed E-state index contributed by atoms with van der Waals surface area (Å²) in [6, 6.07) is 14.6. The van der Waals surface area contributed by atoms with Crippen LogP contribution in [0.25, 0.3) is 0 Å². The van der Waals surface area contributed by atoms with E-state index in [2.05, 4.69) is 10.6 Å². The maximum Gasteiger partial charge on any atom is 0.226 e. The number of anilines is 2. The molecule has 0 radical (unpaired) electrons. The van der Waals surface area contributed by atoms with Crippen LogP contribution in [0.2, 0.25) is 5.02 Å². The van der Waals surface area contributed by atoms with Gasteiger partial charge in [-0.25, -0.2) is 0 Å². The van der Waals surface area contributed by atoms with Crippen molar-refractivity contribution in [3.63, 3.8) is 0 Å². The second-order valence-corrected chi connectivity index (χ2v) is 6.53. The van der Waals surface area contributed by atoms with Crippen molar-refractivity contribution in [3.05, 3.63) is 59.1 Å². The van der Waals surface area contributed by atoms with E-state index in [1.165, 1.54) is 6.92 Å². The summed E-state index contributed by atoms with van der Waals surface area (Å²) in [6.07, 6.45) is 0.827. The van der Waals surface area contributed by atoms with Crippen molar-refractivity contribution in [2.24, 2.45) is 0 Å². The summed E-state index contributed by atoms with van der Waals surface area (Å²) in [5.74, 6) is -0.234. The van der Waals surface area contributed by atoms with Crippen LogP contribution in [0.5, 0.6) is 0 Å². The van der Waals surface area contributed by atoms with E-state index in [9.17, 15) is 9.59 Å². The second-order valence-electron chi connectivity index (χ2n) is 5.72. The van der Waals surface area contributed by atoms with Crippen LogP contribution in [-0.2, 0) is 16.0 Å². The Hall–Kier alpha value is -2.44. The molecule has 0 saturated heterocycles. The van der Waals surface area contributed by atoms with Gasteiger partial charge in [0.15, 0.2) is 5.11 Å². The Morgan fingerprint density at radius 2 is 1.77 bits per heavy atom. The molecule has 5 nitrogen and oxygen atoms in total. The third-order valence-corrected chi connectivity index (χ3v) is 4.39. The monoisotopic (exact) mass is 389 g/mol. The van der Waals surface area contributed by atoms with E-state index in [-0.39, 0.29) is 23.3 Å². The number of aryl methyl sites for hydroxylation is 1. The molecule has 0 atom stereocenters. The molecular weight excluding hydrogens is 370 g/mol. The maximum absolute atomic E-state index is 12.0. The first-order valence-electron chi connectivity index (χ1n) is 8.05. The van der Waals surface area contributed by atoms with Gasteiger partial charge in [-0.15, -0.1) is 0 Å². The van der Waals surface area contributed by atoms with Crippen molar-refractivity contribution in [3.8, 4) is 0 Å². The van der Waals surface area contributed by atoms with Gasteiger partial charge < -0.3 is 15.5 Å². The fourth-order valence-corrected chi connectivity index (χ4v) is 2.71. The first-order chi connectivity index (χ1) is 12.4. The van der Waals surface area contributed by atoms with Crippen LogP contribution in [0.15, 0.2) is 48.5 Å². The van der Waals surface area contributed by atoms with Crippen LogP contribution < -0.4 is 15.5 Å². The van der Waals surface area contributed by atoms with Crippen molar-refractivity contribution in [2.75, 3.05) is 17.3 Å². The highest BCUT2D eigenvalue weighted by Crippen LogP contribution is 2.17. The van der Waals surface area contributed by atoms with Crippen LogP contribution in [0, 0.1) is 0 Å². The number of benzene rings is 2. The van der Waals surface area contributed by atoms with Crippen molar-refractivity contribution < 1.29 is 9.59 Å². The molecule has 2 amide bonds. The molecule has 0 unspecified atom stereocenters. The number of nitrogens with zero attached hydrogens (tertiary/aromatic N) is 1. The predicted octanol–water partition coefficient (Wildman–Crippen LogP) is 3.77. The molecular formula is C19H20ClN3O2S. The number of halogens is 1. The summed E-state index contributed by atoms with van der Waals surface area (Å²) in [5, 5.41) is 6.47. The Morgan fingerprint density at radius 1 is 1.12 bits per heavy atom. The minimum atomic E-state index is -0.185. The van der Waals surface area contributed by atoms with E-state index in [1.807, 2.05) is 18.2 Å². The molecule has 2 aromatic carbocycles. The third kappa shape index (κ3) is 5.82. The molecule has 0 spiro atoms. The number of thiocarbonyl (C=S) groups is 1. The number of carbonyl (C=O) groups is 2. The largest absolute Gasteiger partial charge is 0.332 e. The van der Waals surface area contributed by atoms with Gasteiger partial charge in [0.25, 0.3) is 0 Å². The van der Waals surface area contributed by atoms with Gasteiger partial charge >= 0.3 is 0 Å². The smallest absolute Gasteiger partial charge is 0.226 e. The second kappa shape index (κ2) is 9.31. The highest BCUT2D eigenvalue weighted by atomic mass is 35.5. The average molecular weight is 390 g/mol. The van der Waals surface area contributed by atoms with Gasteiger partial charge in [-0.05, 0) is 54.5 Å². The minimum Gasteiger partial charge on any atom is -0.332 e. The Morgan fingerprint density at radius 3 is 2.38 bits per heavy atom. The van der Waals surface area contributed by atoms with Crippen LogP contribution in [0.3, 0.4) is 0 Å². The van der Waals surface area contributed by atoms with Crippen LogP contribution in [0.1, 0.15) is 18.9 Å². The molecule has 0 saturated carbocycles. The average Bonchev–Trinajstić information content (AvgIpc) is 2.61. The molecule has 26 heavy (non-hydrogen) atoms. The fraction of sp³-hybridized carbons (Fsp3) is 0.211. The summed E-state index contributed by atoms with van der Waals surface area (Å²) in [7, 11) is 1.70. The maximum atomic E-state index is 12.0. The van der Waals surface area contributed by atoms with Gasteiger partial charge in [0, 0.05) is 36.8 Å². The van der Waals surface area contributed by atoms with E-state index in [1.54, 1.807) is 42.3 Å². The highest BCUT2D eigenvalue weighted by Gasteiger charge is 2.08. The standard InChI is InChI=1S/C19H20ClN3O2S/c1-13(24)23(2)16-10-8-15(9-11-16)21-19(26)22-18(25)12-7-14-5-3-4-6-17(14)20/h3-6,8-11H,7,12H2,1-2H3,(H2,21,22,25,26). The molecule has 2 rings (SSSR count). The zero-order valence-corrected chi connectivity index (χ0v) is 16.2. The van der Waals surface area contributed by atoms with Crippen molar-refractivity contribution >= 4 is 52.1 Å². The fourth-order valence-electron chi connectivity index (χ4n) is 2.25. The zero-order valence-electron chi connectivity index (χ0n) is 14.6. The molecule has 2 aromatic rings. The topological polar surface area (TPSA) is 61.4 Å². The summed E-state index contributed by atoms with van der Waals surface area (Å²) in [6.45, 7) is 1.50. The molecule has 0 aliphatic heterocycles. The highest BCUT2D eigenvalue weighted by molar-refractivity contribution is 7.80. The molecule has 2 N–H and O–H groups in total. The van der Waals surface area contributed by atoms with Crippen LogP contribution >= 0.6 is 23.8 Å². The Kier molecular flexibility index (Phi) is 7.12. The number of amides is 2. The Labute approximate surface area is 163 Å². The first-order valence-corrected chi connectivity index (χ1v) is 8.84. The molecule has 0 aliphatic carbocycles. The molecule has 0 bridgehead atoms. The summed E-state index contributed by atoms with van der Waals surface area (Å²) >= 11 is 11.2. The minimum absolute atomic E-state index is 0.0491. The SMILES string of the molecule is CC(=O)N(C)c1ccc(NC(=S)NC(=O)CCc2ccccc2Cl)cc1.